The van der Waals surface area contributed by atoms with Gasteiger partial charge in [0.2, 0.25) is 0 Å². The zero-order chi connectivity index (χ0) is 13.9. The Balaban J connectivity index is 1.75. The van der Waals surface area contributed by atoms with Gasteiger partial charge < -0.3 is 9.84 Å². The molecular formula is C18H26O2. The number of benzene rings is 1. The largest absolute Gasteiger partial charge is 0.490 e. The standard InChI is InChI=1S/C18H26O2/c1-2-13-6-3-4-9-18(13)20-15-11-10-14-7-5-8-17(19)16(14)12-15/h10-13,17-19H,2-9H2,1H3/t13?,17-,18?/m0/s1. The van der Waals surface area contributed by atoms with Crippen molar-refractivity contribution in [2.24, 2.45) is 5.92 Å². The Bertz CT molecular complexity index is 455. The summed E-state index contributed by atoms with van der Waals surface area (Å²) in [4.78, 5) is 0. The van der Waals surface area contributed by atoms with Gasteiger partial charge in [-0.15, -0.1) is 0 Å². The first kappa shape index (κ1) is 13.9. The van der Waals surface area contributed by atoms with E-state index in [1.165, 1.54) is 37.7 Å². The molecule has 3 atom stereocenters. The Kier molecular flexibility index (Phi) is 4.30. The Morgan fingerprint density at radius 3 is 2.85 bits per heavy atom. The fraction of sp³-hybridized carbons (Fsp3) is 0.667. The van der Waals surface area contributed by atoms with Gasteiger partial charge in [-0.1, -0.05) is 19.4 Å². The highest BCUT2D eigenvalue weighted by Crippen LogP contribution is 2.35. The van der Waals surface area contributed by atoms with Gasteiger partial charge in [-0.2, -0.15) is 0 Å². The lowest BCUT2D eigenvalue weighted by Crippen LogP contribution is -2.30. The number of rotatable bonds is 3. The van der Waals surface area contributed by atoms with Gasteiger partial charge in [-0.05, 0) is 74.1 Å². The lowest BCUT2D eigenvalue weighted by molar-refractivity contribution is 0.0895. The highest BCUT2D eigenvalue weighted by molar-refractivity contribution is 5.38. The van der Waals surface area contributed by atoms with Gasteiger partial charge in [-0.3, -0.25) is 0 Å². The predicted octanol–water partition coefficient (Wildman–Crippen LogP) is 4.40. The van der Waals surface area contributed by atoms with Gasteiger partial charge in [0.15, 0.2) is 0 Å². The van der Waals surface area contributed by atoms with E-state index in [4.69, 9.17) is 4.74 Å². The van der Waals surface area contributed by atoms with Crippen LogP contribution >= 0.6 is 0 Å². The smallest absolute Gasteiger partial charge is 0.120 e. The van der Waals surface area contributed by atoms with Crippen molar-refractivity contribution >= 4 is 0 Å². The first-order chi connectivity index (χ1) is 9.78. The quantitative estimate of drug-likeness (QED) is 0.885. The summed E-state index contributed by atoms with van der Waals surface area (Å²) in [7, 11) is 0. The summed E-state index contributed by atoms with van der Waals surface area (Å²) in [6.07, 6.45) is 9.46. The molecule has 2 nitrogen and oxygen atoms in total. The number of hydrogen-bond donors (Lipinski definition) is 1. The molecule has 1 N–H and O–H groups in total. The van der Waals surface area contributed by atoms with Gasteiger partial charge in [0.05, 0.1) is 6.10 Å². The average molecular weight is 274 g/mol. The van der Waals surface area contributed by atoms with Crippen LogP contribution in [-0.2, 0) is 6.42 Å². The van der Waals surface area contributed by atoms with Gasteiger partial charge in [0, 0.05) is 0 Å². The van der Waals surface area contributed by atoms with Crippen LogP contribution < -0.4 is 4.74 Å². The maximum atomic E-state index is 10.1. The van der Waals surface area contributed by atoms with Gasteiger partial charge in [-0.25, -0.2) is 0 Å². The number of ether oxygens (including phenoxy) is 1. The molecule has 20 heavy (non-hydrogen) atoms. The molecule has 0 heterocycles. The van der Waals surface area contributed by atoms with Crippen LogP contribution in [0.4, 0.5) is 0 Å². The van der Waals surface area contributed by atoms with Crippen LogP contribution in [0.3, 0.4) is 0 Å². The molecule has 1 fully saturated rings. The van der Waals surface area contributed by atoms with Crippen LogP contribution in [0, 0.1) is 5.92 Å². The van der Waals surface area contributed by atoms with E-state index in [0.717, 1.165) is 30.6 Å². The zero-order valence-corrected chi connectivity index (χ0v) is 12.5. The SMILES string of the molecule is CCC1CCCCC1Oc1ccc2c(c1)[C@@H](O)CCC2. The Morgan fingerprint density at radius 2 is 2.00 bits per heavy atom. The third-order valence-electron chi connectivity index (χ3n) is 5.05. The number of aliphatic hydroxyl groups is 1. The molecule has 0 aromatic heterocycles. The average Bonchev–Trinajstić information content (AvgIpc) is 2.49. The summed E-state index contributed by atoms with van der Waals surface area (Å²) in [5.74, 6) is 1.65. The highest BCUT2D eigenvalue weighted by Gasteiger charge is 2.26. The minimum absolute atomic E-state index is 0.296. The van der Waals surface area contributed by atoms with Crippen molar-refractivity contribution in [1.82, 2.24) is 0 Å². The van der Waals surface area contributed by atoms with Crippen LogP contribution in [-0.4, -0.2) is 11.2 Å². The normalized spacial score (nSPS) is 29.8. The van der Waals surface area contributed by atoms with E-state index in [1.807, 2.05) is 0 Å². The summed E-state index contributed by atoms with van der Waals surface area (Å²) in [6, 6.07) is 6.33. The summed E-state index contributed by atoms with van der Waals surface area (Å²) in [6.45, 7) is 2.27. The molecular weight excluding hydrogens is 248 g/mol. The second kappa shape index (κ2) is 6.17. The predicted molar refractivity (Wildman–Crippen MR) is 81.0 cm³/mol. The highest BCUT2D eigenvalue weighted by atomic mass is 16.5. The van der Waals surface area contributed by atoms with Crippen molar-refractivity contribution in [3.05, 3.63) is 29.3 Å². The Hall–Kier alpha value is -1.02. The maximum Gasteiger partial charge on any atom is 0.120 e. The zero-order valence-electron chi connectivity index (χ0n) is 12.5. The van der Waals surface area contributed by atoms with E-state index in [1.54, 1.807) is 0 Å². The van der Waals surface area contributed by atoms with Crippen LogP contribution in [0.25, 0.3) is 0 Å². The fourth-order valence-corrected chi connectivity index (χ4v) is 3.80. The first-order valence-corrected chi connectivity index (χ1v) is 8.25. The summed E-state index contributed by atoms with van der Waals surface area (Å²) >= 11 is 0. The van der Waals surface area contributed by atoms with E-state index < -0.39 is 0 Å². The number of fused-ring (bicyclic) bond motifs is 1. The van der Waals surface area contributed by atoms with Gasteiger partial charge in [0.25, 0.3) is 0 Å². The Labute approximate surface area is 122 Å². The van der Waals surface area contributed by atoms with E-state index in [0.29, 0.717) is 12.0 Å². The van der Waals surface area contributed by atoms with Crippen molar-refractivity contribution in [3.8, 4) is 5.75 Å². The summed E-state index contributed by atoms with van der Waals surface area (Å²) in [5.41, 5.74) is 2.39. The van der Waals surface area contributed by atoms with Crippen LogP contribution in [0.2, 0.25) is 0 Å². The molecule has 3 rings (SSSR count). The molecule has 1 aromatic carbocycles. The summed E-state index contributed by atoms with van der Waals surface area (Å²) < 4.78 is 6.26. The van der Waals surface area contributed by atoms with Crippen LogP contribution in [0.1, 0.15) is 69.1 Å². The lowest BCUT2D eigenvalue weighted by Gasteiger charge is -2.32. The minimum atomic E-state index is -0.296. The molecule has 1 saturated carbocycles. The summed E-state index contributed by atoms with van der Waals surface area (Å²) in [5, 5.41) is 10.1. The number of aryl methyl sites for hydroxylation is 1. The number of hydrogen-bond acceptors (Lipinski definition) is 2. The van der Waals surface area contributed by atoms with E-state index in [9.17, 15) is 5.11 Å². The molecule has 2 aliphatic rings. The molecule has 0 aliphatic heterocycles. The monoisotopic (exact) mass is 274 g/mol. The first-order valence-electron chi connectivity index (χ1n) is 8.25. The van der Waals surface area contributed by atoms with Crippen molar-refractivity contribution in [2.75, 3.05) is 0 Å². The van der Waals surface area contributed by atoms with Crippen LogP contribution in [0.5, 0.6) is 5.75 Å². The van der Waals surface area contributed by atoms with E-state index in [-0.39, 0.29) is 6.10 Å². The fourth-order valence-electron chi connectivity index (χ4n) is 3.80. The van der Waals surface area contributed by atoms with Gasteiger partial charge >= 0.3 is 0 Å². The Morgan fingerprint density at radius 1 is 1.15 bits per heavy atom. The van der Waals surface area contributed by atoms with Crippen molar-refractivity contribution in [2.45, 2.75) is 70.5 Å². The molecule has 110 valence electrons. The lowest BCUT2D eigenvalue weighted by atomic mass is 9.84. The second-order valence-electron chi connectivity index (χ2n) is 6.38. The van der Waals surface area contributed by atoms with Crippen molar-refractivity contribution in [1.29, 1.82) is 0 Å². The third kappa shape index (κ3) is 2.85. The molecule has 0 radical (unpaired) electrons. The van der Waals surface area contributed by atoms with E-state index >= 15 is 0 Å². The second-order valence-corrected chi connectivity index (χ2v) is 6.38. The van der Waals surface area contributed by atoms with Crippen molar-refractivity contribution in [3.63, 3.8) is 0 Å². The third-order valence-corrected chi connectivity index (χ3v) is 5.05. The molecule has 0 amide bonds. The molecule has 2 unspecified atom stereocenters. The maximum absolute atomic E-state index is 10.1. The molecule has 0 spiro atoms. The van der Waals surface area contributed by atoms with Crippen molar-refractivity contribution < 1.29 is 9.84 Å². The topological polar surface area (TPSA) is 29.5 Å². The van der Waals surface area contributed by atoms with Crippen LogP contribution in [0.15, 0.2) is 18.2 Å². The molecule has 1 aromatic rings. The van der Waals surface area contributed by atoms with Gasteiger partial charge in [0.1, 0.15) is 11.9 Å². The number of aliphatic hydroxyl groups excluding tert-OH is 1. The molecule has 0 saturated heterocycles. The minimum Gasteiger partial charge on any atom is -0.490 e. The molecule has 2 heteroatoms. The molecule has 2 aliphatic carbocycles. The molecule has 0 bridgehead atoms. The van der Waals surface area contributed by atoms with E-state index in [2.05, 4.69) is 25.1 Å².